The van der Waals surface area contributed by atoms with Crippen molar-refractivity contribution in [2.75, 3.05) is 11.1 Å². The molecular formula is C15H21N5O4S. The number of H-pyrrole nitrogens is 1. The van der Waals surface area contributed by atoms with Gasteiger partial charge >= 0.3 is 0 Å². The van der Waals surface area contributed by atoms with Gasteiger partial charge in [-0.05, 0) is 0 Å². The Balaban J connectivity index is 2.01. The van der Waals surface area contributed by atoms with Crippen molar-refractivity contribution >= 4 is 35.6 Å². The van der Waals surface area contributed by atoms with Crippen molar-refractivity contribution in [2.24, 2.45) is 11.8 Å². The molecule has 3 rings (SSSR count). The summed E-state index contributed by atoms with van der Waals surface area (Å²) >= 11 is 4.19. The molecule has 0 bridgehead atoms. The molecule has 10 heteroatoms. The predicted octanol–water partition coefficient (Wildman–Crippen LogP) is 0.538. The van der Waals surface area contributed by atoms with Gasteiger partial charge in [0.15, 0.2) is 11.2 Å². The van der Waals surface area contributed by atoms with Crippen LogP contribution in [0.5, 0.6) is 0 Å². The third-order valence-electron chi connectivity index (χ3n) is 4.34. The number of aliphatic hydroxyl groups excluding tert-OH is 1. The average Bonchev–Trinajstić information content (AvgIpc) is 3.10. The molecule has 1 aliphatic rings. The van der Waals surface area contributed by atoms with Crippen LogP contribution in [0, 0.1) is 11.8 Å². The lowest BCUT2D eigenvalue weighted by Gasteiger charge is -2.17. The van der Waals surface area contributed by atoms with E-state index in [-0.39, 0.29) is 34.9 Å². The molecule has 0 saturated carbocycles. The number of aromatic nitrogens is 4. The number of imidazole rings is 1. The highest BCUT2D eigenvalue weighted by Gasteiger charge is 2.41. The van der Waals surface area contributed by atoms with Crippen LogP contribution in [0.25, 0.3) is 11.2 Å². The van der Waals surface area contributed by atoms with Crippen molar-refractivity contribution in [2.45, 2.75) is 39.2 Å². The fourth-order valence-electron chi connectivity index (χ4n) is 2.79. The second-order valence-corrected chi connectivity index (χ2v) is 6.85. The number of nitrogens with zero attached hydrogens (tertiary/aromatic N) is 3. The van der Waals surface area contributed by atoms with Gasteiger partial charge in [-0.3, -0.25) is 24.5 Å². The molecule has 4 atom stereocenters. The maximum absolute atomic E-state index is 12.2. The monoisotopic (exact) mass is 367 g/mol. The number of amides is 1. The lowest BCUT2D eigenvalue weighted by atomic mass is 10.0. The Labute approximate surface area is 149 Å². The molecule has 9 nitrogen and oxygen atoms in total. The summed E-state index contributed by atoms with van der Waals surface area (Å²) < 4.78 is 7.45. The Kier molecular flexibility index (Phi) is 4.85. The molecule has 1 saturated heterocycles. The maximum Gasteiger partial charge on any atom is 0.280 e. The Morgan fingerprint density at radius 3 is 2.88 bits per heavy atom. The van der Waals surface area contributed by atoms with Gasteiger partial charge in [0, 0.05) is 17.6 Å². The first-order valence-electron chi connectivity index (χ1n) is 8.05. The van der Waals surface area contributed by atoms with Crippen LogP contribution >= 0.6 is 12.6 Å². The molecule has 2 aromatic rings. The zero-order valence-corrected chi connectivity index (χ0v) is 15.0. The van der Waals surface area contributed by atoms with E-state index in [1.54, 1.807) is 18.4 Å². The third-order valence-corrected chi connectivity index (χ3v) is 4.70. The molecule has 0 radical (unpaired) electrons. The van der Waals surface area contributed by atoms with E-state index in [9.17, 15) is 14.7 Å². The largest absolute Gasteiger partial charge is 0.390 e. The molecule has 0 aromatic carbocycles. The number of aliphatic hydroxyl groups is 1. The van der Waals surface area contributed by atoms with Crippen molar-refractivity contribution in [3.8, 4) is 0 Å². The van der Waals surface area contributed by atoms with E-state index in [0.29, 0.717) is 5.75 Å². The summed E-state index contributed by atoms with van der Waals surface area (Å²) in [7, 11) is 0. The second-order valence-electron chi connectivity index (χ2n) is 6.48. The summed E-state index contributed by atoms with van der Waals surface area (Å²) in [5.74, 6) is -0.322. The highest BCUT2D eigenvalue weighted by molar-refractivity contribution is 7.80. The SMILES string of the molecule is CC(C)C(=O)Nc1nc2c(ncn2[C@@H]2O[C@H](CS)[C@@H](O)[C@H]2C)c(=O)[nH]1. The van der Waals surface area contributed by atoms with Crippen LogP contribution in [0.15, 0.2) is 11.1 Å². The first kappa shape index (κ1) is 17.9. The Morgan fingerprint density at radius 2 is 2.28 bits per heavy atom. The maximum atomic E-state index is 12.2. The van der Waals surface area contributed by atoms with E-state index in [4.69, 9.17) is 4.74 Å². The van der Waals surface area contributed by atoms with Gasteiger partial charge in [-0.2, -0.15) is 17.6 Å². The lowest BCUT2D eigenvalue weighted by Crippen LogP contribution is -2.26. The van der Waals surface area contributed by atoms with Gasteiger partial charge in [-0.15, -0.1) is 0 Å². The zero-order chi connectivity index (χ0) is 18.3. The van der Waals surface area contributed by atoms with Gasteiger partial charge in [-0.25, -0.2) is 4.98 Å². The van der Waals surface area contributed by atoms with Gasteiger partial charge in [-0.1, -0.05) is 20.8 Å². The summed E-state index contributed by atoms with van der Waals surface area (Å²) in [6, 6.07) is 0. The van der Waals surface area contributed by atoms with E-state index < -0.39 is 24.0 Å². The summed E-state index contributed by atoms with van der Waals surface area (Å²) in [5.41, 5.74) is -0.0337. The van der Waals surface area contributed by atoms with E-state index in [1.807, 2.05) is 6.92 Å². The van der Waals surface area contributed by atoms with Crippen molar-refractivity contribution in [1.29, 1.82) is 0 Å². The molecule has 1 fully saturated rings. The van der Waals surface area contributed by atoms with Gasteiger partial charge in [0.1, 0.15) is 6.23 Å². The average molecular weight is 367 g/mol. The van der Waals surface area contributed by atoms with Crippen molar-refractivity contribution in [3.63, 3.8) is 0 Å². The molecule has 0 spiro atoms. The summed E-state index contributed by atoms with van der Waals surface area (Å²) in [6.07, 6.45) is -0.166. The minimum absolute atomic E-state index is 0.0508. The third kappa shape index (κ3) is 3.16. The molecule has 0 aliphatic carbocycles. The molecule has 1 aliphatic heterocycles. The van der Waals surface area contributed by atoms with E-state index >= 15 is 0 Å². The van der Waals surface area contributed by atoms with Gasteiger partial charge in [0.05, 0.1) is 18.5 Å². The first-order chi connectivity index (χ1) is 11.8. The van der Waals surface area contributed by atoms with Gasteiger partial charge in [0.25, 0.3) is 5.56 Å². The van der Waals surface area contributed by atoms with Crippen LogP contribution in [0.3, 0.4) is 0 Å². The van der Waals surface area contributed by atoms with Crippen molar-refractivity contribution in [1.82, 2.24) is 19.5 Å². The predicted molar refractivity (Wildman–Crippen MR) is 94.6 cm³/mol. The number of carbonyl (C=O) groups excluding carboxylic acids is 1. The fraction of sp³-hybridized carbons (Fsp3) is 0.600. The molecular weight excluding hydrogens is 346 g/mol. The van der Waals surface area contributed by atoms with E-state index in [0.717, 1.165) is 0 Å². The smallest absolute Gasteiger partial charge is 0.280 e. The number of aromatic amines is 1. The summed E-state index contributed by atoms with van der Waals surface area (Å²) in [5, 5.41) is 12.8. The number of ether oxygens (including phenoxy) is 1. The molecule has 136 valence electrons. The zero-order valence-electron chi connectivity index (χ0n) is 14.1. The van der Waals surface area contributed by atoms with Crippen LogP contribution in [-0.4, -0.2) is 48.5 Å². The summed E-state index contributed by atoms with van der Waals surface area (Å²) in [6.45, 7) is 5.33. The number of hydrogen-bond donors (Lipinski definition) is 4. The number of thiol groups is 1. The van der Waals surface area contributed by atoms with Crippen LogP contribution < -0.4 is 10.9 Å². The Morgan fingerprint density at radius 1 is 1.56 bits per heavy atom. The van der Waals surface area contributed by atoms with Crippen molar-refractivity contribution < 1.29 is 14.6 Å². The topological polar surface area (TPSA) is 122 Å². The molecule has 3 heterocycles. The van der Waals surface area contributed by atoms with Crippen molar-refractivity contribution in [3.05, 3.63) is 16.7 Å². The molecule has 0 unspecified atom stereocenters. The second kappa shape index (κ2) is 6.77. The van der Waals surface area contributed by atoms with Crippen LogP contribution in [0.1, 0.15) is 27.0 Å². The number of anilines is 1. The number of carbonyl (C=O) groups is 1. The lowest BCUT2D eigenvalue weighted by molar-refractivity contribution is -0.118. The molecule has 25 heavy (non-hydrogen) atoms. The van der Waals surface area contributed by atoms with E-state index in [2.05, 4.69) is 32.9 Å². The van der Waals surface area contributed by atoms with E-state index in [1.165, 1.54) is 6.33 Å². The van der Waals surface area contributed by atoms with Crippen LogP contribution in [-0.2, 0) is 9.53 Å². The minimum atomic E-state index is -0.679. The van der Waals surface area contributed by atoms with Gasteiger partial charge < -0.3 is 9.84 Å². The highest BCUT2D eigenvalue weighted by Crippen LogP contribution is 2.36. The summed E-state index contributed by atoms with van der Waals surface area (Å²) in [4.78, 5) is 35.0. The first-order valence-corrected chi connectivity index (χ1v) is 8.68. The quantitative estimate of drug-likeness (QED) is 0.585. The standard InChI is InChI=1S/C15H21N5O4S/c1-6(2)12(22)18-15-17-11-9(13(23)19-15)16-5-20(11)14-7(3)10(21)8(4-25)24-14/h5-8,10,14,21,25H,4H2,1-3H3,(H2,17,18,19,22,23)/t7-,8-,10+,14-/m1/s1. The number of rotatable bonds is 4. The van der Waals surface area contributed by atoms with Crippen LogP contribution in [0.2, 0.25) is 0 Å². The molecule has 1 amide bonds. The Bertz CT molecular complexity index is 848. The van der Waals surface area contributed by atoms with Crippen LogP contribution in [0.4, 0.5) is 5.95 Å². The fourth-order valence-corrected chi connectivity index (χ4v) is 3.10. The normalized spacial score (nSPS) is 26.5. The number of fused-ring (bicyclic) bond motifs is 1. The number of nitrogens with one attached hydrogen (secondary N) is 2. The Hall–Kier alpha value is -1.91. The highest BCUT2D eigenvalue weighted by atomic mass is 32.1. The van der Waals surface area contributed by atoms with Gasteiger partial charge in [0.2, 0.25) is 11.9 Å². The molecule has 2 aromatic heterocycles. The number of hydrogen-bond acceptors (Lipinski definition) is 7. The minimum Gasteiger partial charge on any atom is -0.390 e. The molecule has 3 N–H and O–H groups in total.